The van der Waals surface area contributed by atoms with Crippen molar-refractivity contribution in [3.8, 4) is 0 Å². The Morgan fingerprint density at radius 3 is 2.31 bits per heavy atom. The van der Waals surface area contributed by atoms with Crippen molar-refractivity contribution >= 4 is 11.9 Å². The molecule has 0 saturated heterocycles. The van der Waals surface area contributed by atoms with Crippen LogP contribution in [0.5, 0.6) is 0 Å². The highest BCUT2D eigenvalue weighted by atomic mass is 16.5. The molecule has 1 amide bonds. The first-order valence-corrected chi connectivity index (χ1v) is 5.68. The zero-order valence-corrected chi connectivity index (χ0v) is 9.91. The van der Waals surface area contributed by atoms with E-state index in [-0.39, 0.29) is 11.9 Å². The van der Waals surface area contributed by atoms with Gasteiger partial charge in [-0.2, -0.15) is 0 Å². The van der Waals surface area contributed by atoms with Crippen LogP contribution in [0.3, 0.4) is 0 Å². The maximum absolute atomic E-state index is 11.8. The normalized spacial score (nSPS) is 20.9. The van der Waals surface area contributed by atoms with Crippen molar-refractivity contribution in [2.24, 2.45) is 5.73 Å². The van der Waals surface area contributed by atoms with Gasteiger partial charge in [-0.25, -0.2) is 4.79 Å². The number of hydrogen-bond acceptors (Lipinski definition) is 4. The molecule has 1 rings (SSSR count). The molecule has 0 aromatic rings. The number of hydrogen-bond donors (Lipinski definition) is 2. The van der Waals surface area contributed by atoms with Crippen LogP contribution < -0.4 is 11.1 Å². The SMILES string of the molecule is COC(=O)C1(NC(=O)C(C)N)CCCCC1. The van der Waals surface area contributed by atoms with Crippen LogP contribution in [0.15, 0.2) is 0 Å². The largest absolute Gasteiger partial charge is 0.467 e. The summed E-state index contributed by atoms with van der Waals surface area (Å²) < 4.78 is 4.78. The van der Waals surface area contributed by atoms with Crippen LogP contribution in [0.1, 0.15) is 39.0 Å². The average molecular weight is 228 g/mol. The van der Waals surface area contributed by atoms with Gasteiger partial charge in [-0.1, -0.05) is 19.3 Å². The summed E-state index contributed by atoms with van der Waals surface area (Å²) in [6, 6.07) is -0.608. The summed E-state index contributed by atoms with van der Waals surface area (Å²) in [4.78, 5) is 23.4. The van der Waals surface area contributed by atoms with Gasteiger partial charge in [0.2, 0.25) is 5.91 Å². The van der Waals surface area contributed by atoms with E-state index < -0.39 is 11.6 Å². The summed E-state index contributed by atoms with van der Waals surface area (Å²) in [5.41, 5.74) is 4.64. The van der Waals surface area contributed by atoms with E-state index >= 15 is 0 Å². The fourth-order valence-electron chi connectivity index (χ4n) is 2.08. The second-order valence-corrected chi connectivity index (χ2v) is 4.41. The Morgan fingerprint density at radius 1 is 1.31 bits per heavy atom. The fourth-order valence-corrected chi connectivity index (χ4v) is 2.08. The highest BCUT2D eigenvalue weighted by Gasteiger charge is 2.42. The van der Waals surface area contributed by atoms with Crippen molar-refractivity contribution in [3.63, 3.8) is 0 Å². The van der Waals surface area contributed by atoms with Crippen LogP contribution in [-0.2, 0) is 14.3 Å². The first-order chi connectivity index (χ1) is 7.52. The van der Waals surface area contributed by atoms with Crippen LogP contribution in [0.25, 0.3) is 0 Å². The molecular weight excluding hydrogens is 208 g/mol. The fraction of sp³-hybridized carbons (Fsp3) is 0.818. The van der Waals surface area contributed by atoms with Crippen molar-refractivity contribution in [1.82, 2.24) is 5.32 Å². The standard InChI is InChI=1S/C11H20N2O3/c1-8(12)9(14)13-11(10(15)16-2)6-4-3-5-7-11/h8H,3-7,12H2,1-2H3,(H,13,14). The number of ether oxygens (including phenoxy) is 1. The topological polar surface area (TPSA) is 81.4 Å². The molecule has 16 heavy (non-hydrogen) atoms. The Bertz CT molecular complexity index is 270. The van der Waals surface area contributed by atoms with Gasteiger partial charge in [0.1, 0.15) is 5.54 Å². The van der Waals surface area contributed by atoms with Gasteiger partial charge in [0.25, 0.3) is 0 Å². The molecule has 0 bridgehead atoms. The minimum Gasteiger partial charge on any atom is -0.467 e. The van der Waals surface area contributed by atoms with Crippen molar-refractivity contribution in [3.05, 3.63) is 0 Å². The average Bonchev–Trinajstić information content (AvgIpc) is 2.29. The highest BCUT2D eigenvalue weighted by Crippen LogP contribution is 2.29. The van der Waals surface area contributed by atoms with Crippen molar-refractivity contribution in [2.75, 3.05) is 7.11 Å². The van der Waals surface area contributed by atoms with Gasteiger partial charge in [0, 0.05) is 0 Å². The Morgan fingerprint density at radius 2 is 1.88 bits per heavy atom. The second-order valence-electron chi connectivity index (χ2n) is 4.41. The third-order valence-corrected chi connectivity index (χ3v) is 3.06. The molecule has 1 aliphatic rings. The number of carbonyl (C=O) groups is 2. The lowest BCUT2D eigenvalue weighted by Gasteiger charge is -2.35. The summed E-state index contributed by atoms with van der Waals surface area (Å²) in [5.74, 6) is -0.659. The van der Waals surface area contributed by atoms with E-state index in [9.17, 15) is 9.59 Å². The van der Waals surface area contributed by atoms with Crippen molar-refractivity contribution < 1.29 is 14.3 Å². The number of rotatable bonds is 3. The van der Waals surface area contributed by atoms with Crippen LogP contribution >= 0.6 is 0 Å². The molecule has 0 radical (unpaired) electrons. The molecule has 3 N–H and O–H groups in total. The molecule has 0 heterocycles. The Balaban J connectivity index is 2.78. The lowest BCUT2D eigenvalue weighted by molar-refractivity contribution is -0.152. The first-order valence-electron chi connectivity index (χ1n) is 5.68. The molecule has 0 aromatic carbocycles. The smallest absolute Gasteiger partial charge is 0.331 e. The summed E-state index contributed by atoms with van der Waals surface area (Å²) in [6.45, 7) is 1.60. The van der Waals surface area contributed by atoms with E-state index in [1.54, 1.807) is 6.92 Å². The lowest BCUT2D eigenvalue weighted by Crippen LogP contribution is -2.59. The maximum Gasteiger partial charge on any atom is 0.331 e. The number of methoxy groups -OCH3 is 1. The molecular formula is C11H20N2O3. The van der Waals surface area contributed by atoms with E-state index in [4.69, 9.17) is 10.5 Å². The number of amides is 1. The quantitative estimate of drug-likeness (QED) is 0.682. The minimum absolute atomic E-state index is 0.299. The third kappa shape index (κ3) is 2.72. The van der Waals surface area contributed by atoms with E-state index in [2.05, 4.69) is 5.32 Å². The summed E-state index contributed by atoms with van der Waals surface area (Å²) in [5, 5.41) is 2.74. The summed E-state index contributed by atoms with van der Waals surface area (Å²) in [6.07, 6.45) is 4.21. The van der Waals surface area contributed by atoms with Crippen LogP contribution in [0.4, 0.5) is 0 Å². The monoisotopic (exact) mass is 228 g/mol. The zero-order chi connectivity index (χ0) is 12.2. The van der Waals surface area contributed by atoms with Crippen LogP contribution in [0, 0.1) is 0 Å². The van der Waals surface area contributed by atoms with Gasteiger partial charge in [-0.15, -0.1) is 0 Å². The number of nitrogens with one attached hydrogen (secondary N) is 1. The van der Waals surface area contributed by atoms with E-state index in [0.29, 0.717) is 12.8 Å². The van der Waals surface area contributed by atoms with E-state index in [1.807, 2.05) is 0 Å². The molecule has 1 unspecified atom stereocenters. The first kappa shape index (κ1) is 13.0. The molecule has 92 valence electrons. The maximum atomic E-state index is 11.8. The Labute approximate surface area is 95.7 Å². The zero-order valence-electron chi connectivity index (χ0n) is 9.91. The summed E-state index contributed by atoms with van der Waals surface area (Å²) in [7, 11) is 1.34. The Kier molecular flexibility index (Phi) is 4.29. The predicted octanol–water partition coefficient (Wildman–Crippen LogP) is 0.326. The van der Waals surface area contributed by atoms with Gasteiger partial charge in [-0.05, 0) is 19.8 Å². The van der Waals surface area contributed by atoms with E-state index in [0.717, 1.165) is 19.3 Å². The van der Waals surface area contributed by atoms with Gasteiger partial charge in [0.05, 0.1) is 13.2 Å². The summed E-state index contributed by atoms with van der Waals surface area (Å²) >= 11 is 0. The Hall–Kier alpha value is -1.10. The van der Waals surface area contributed by atoms with Gasteiger partial charge < -0.3 is 15.8 Å². The molecule has 0 aliphatic heterocycles. The van der Waals surface area contributed by atoms with Gasteiger partial charge in [0.15, 0.2) is 0 Å². The van der Waals surface area contributed by atoms with Crippen molar-refractivity contribution in [2.45, 2.75) is 50.6 Å². The molecule has 1 saturated carbocycles. The molecule has 0 spiro atoms. The number of nitrogens with two attached hydrogens (primary N) is 1. The molecule has 0 aromatic heterocycles. The molecule has 1 atom stereocenters. The predicted molar refractivity (Wildman–Crippen MR) is 59.6 cm³/mol. The second kappa shape index (κ2) is 5.30. The minimum atomic E-state index is -0.849. The van der Waals surface area contributed by atoms with Gasteiger partial charge >= 0.3 is 5.97 Å². The van der Waals surface area contributed by atoms with Crippen molar-refractivity contribution in [1.29, 1.82) is 0 Å². The molecule has 5 nitrogen and oxygen atoms in total. The number of carbonyl (C=O) groups excluding carboxylic acids is 2. The number of esters is 1. The molecule has 5 heteroatoms. The lowest BCUT2D eigenvalue weighted by atomic mass is 9.81. The van der Waals surface area contributed by atoms with Gasteiger partial charge in [-0.3, -0.25) is 4.79 Å². The van der Waals surface area contributed by atoms with Crippen LogP contribution in [-0.4, -0.2) is 30.6 Å². The van der Waals surface area contributed by atoms with E-state index in [1.165, 1.54) is 7.11 Å². The van der Waals surface area contributed by atoms with Crippen LogP contribution in [0.2, 0.25) is 0 Å². The highest BCUT2D eigenvalue weighted by molar-refractivity contribution is 5.90. The third-order valence-electron chi connectivity index (χ3n) is 3.06. The molecule has 1 fully saturated rings. The molecule has 1 aliphatic carbocycles.